The Morgan fingerprint density at radius 1 is 1.47 bits per heavy atom. The minimum Gasteiger partial charge on any atom is -0.381 e. The Balaban J connectivity index is 2.29. The van der Waals surface area contributed by atoms with Crippen LogP contribution in [0.3, 0.4) is 0 Å². The van der Waals surface area contributed by atoms with Gasteiger partial charge < -0.3 is 10.1 Å². The fraction of sp³-hybridized carbons (Fsp3) is 0.500. The van der Waals surface area contributed by atoms with E-state index in [2.05, 4.69) is 35.1 Å². The van der Waals surface area contributed by atoms with E-state index in [4.69, 9.17) is 16.3 Å². The first kappa shape index (κ1) is 16.5. The number of halogens is 2. The average molecular weight is 349 g/mol. The first-order valence-corrected chi connectivity index (χ1v) is 7.48. The highest BCUT2D eigenvalue weighted by atomic mass is 79.9. The van der Waals surface area contributed by atoms with E-state index in [1.165, 1.54) is 0 Å². The predicted octanol–water partition coefficient (Wildman–Crippen LogP) is 3.90. The van der Waals surface area contributed by atoms with Crippen LogP contribution in [0.15, 0.2) is 22.7 Å². The number of rotatable bonds is 7. The molecule has 0 atom stereocenters. The number of ether oxygens (including phenoxy) is 1. The maximum atomic E-state index is 11.9. The van der Waals surface area contributed by atoms with Crippen LogP contribution >= 0.6 is 27.5 Å². The molecule has 0 unspecified atom stereocenters. The van der Waals surface area contributed by atoms with Gasteiger partial charge in [-0.3, -0.25) is 4.79 Å². The summed E-state index contributed by atoms with van der Waals surface area (Å²) < 4.78 is 6.18. The summed E-state index contributed by atoms with van der Waals surface area (Å²) in [4.78, 5) is 11.9. The van der Waals surface area contributed by atoms with Gasteiger partial charge in [-0.1, -0.05) is 25.4 Å². The van der Waals surface area contributed by atoms with E-state index in [-0.39, 0.29) is 5.91 Å². The molecule has 0 saturated carbocycles. The highest BCUT2D eigenvalue weighted by molar-refractivity contribution is 9.10. The summed E-state index contributed by atoms with van der Waals surface area (Å²) >= 11 is 9.21. The van der Waals surface area contributed by atoms with Crippen LogP contribution in [0.4, 0.5) is 0 Å². The van der Waals surface area contributed by atoms with Crippen molar-refractivity contribution < 1.29 is 9.53 Å². The smallest absolute Gasteiger partial charge is 0.252 e. The van der Waals surface area contributed by atoms with Crippen molar-refractivity contribution in [3.05, 3.63) is 33.3 Å². The molecule has 1 aromatic rings. The fourth-order valence-corrected chi connectivity index (χ4v) is 2.06. The molecular formula is C14H19BrClNO2. The van der Waals surface area contributed by atoms with Crippen LogP contribution in [0.25, 0.3) is 0 Å². The summed E-state index contributed by atoms with van der Waals surface area (Å²) in [6, 6.07) is 5.15. The molecule has 1 aromatic carbocycles. The van der Waals surface area contributed by atoms with Gasteiger partial charge in [0.1, 0.15) is 0 Å². The molecule has 5 heteroatoms. The van der Waals surface area contributed by atoms with Crippen molar-refractivity contribution in [2.24, 2.45) is 5.92 Å². The van der Waals surface area contributed by atoms with Gasteiger partial charge in [0.15, 0.2) is 0 Å². The van der Waals surface area contributed by atoms with Crippen molar-refractivity contribution in [2.45, 2.75) is 20.3 Å². The first-order chi connectivity index (χ1) is 9.00. The van der Waals surface area contributed by atoms with Crippen LogP contribution in [-0.4, -0.2) is 25.7 Å². The summed E-state index contributed by atoms with van der Waals surface area (Å²) in [7, 11) is 0. The van der Waals surface area contributed by atoms with Crippen molar-refractivity contribution in [1.82, 2.24) is 5.32 Å². The summed E-state index contributed by atoms with van der Waals surface area (Å²) in [5, 5.41) is 3.40. The molecule has 1 N–H and O–H groups in total. The minimum atomic E-state index is -0.127. The Bertz CT molecular complexity index is 424. The van der Waals surface area contributed by atoms with Crippen molar-refractivity contribution in [3.63, 3.8) is 0 Å². The zero-order chi connectivity index (χ0) is 14.3. The molecule has 0 aliphatic carbocycles. The Hall–Kier alpha value is -0.580. The van der Waals surface area contributed by atoms with Crippen LogP contribution < -0.4 is 5.32 Å². The van der Waals surface area contributed by atoms with Crippen LogP contribution in [0.5, 0.6) is 0 Å². The van der Waals surface area contributed by atoms with E-state index in [0.29, 0.717) is 29.7 Å². The molecule has 19 heavy (non-hydrogen) atoms. The van der Waals surface area contributed by atoms with Crippen LogP contribution in [0.1, 0.15) is 30.6 Å². The minimum absolute atomic E-state index is 0.127. The molecule has 0 aromatic heterocycles. The van der Waals surface area contributed by atoms with E-state index < -0.39 is 0 Å². The molecule has 0 bridgehead atoms. The third kappa shape index (κ3) is 6.41. The molecular weight excluding hydrogens is 330 g/mol. The number of carbonyl (C=O) groups excluding carboxylic acids is 1. The fourth-order valence-electron chi connectivity index (χ4n) is 1.46. The van der Waals surface area contributed by atoms with Crippen LogP contribution in [-0.2, 0) is 4.74 Å². The van der Waals surface area contributed by atoms with Gasteiger partial charge >= 0.3 is 0 Å². The molecule has 0 fully saturated rings. The standard InChI is InChI=1S/C14H19BrClNO2/c1-10(2)9-19-7-3-6-17-14(18)12-8-11(16)4-5-13(12)15/h4-5,8,10H,3,6-7,9H2,1-2H3,(H,17,18). The van der Waals surface area contributed by atoms with E-state index in [9.17, 15) is 4.79 Å². The number of hydrogen-bond donors (Lipinski definition) is 1. The van der Waals surface area contributed by atoms with Crippen molar-refractivity contribution in [2.75, 3.05) is 19.8 Å². The van der Waals surface area contributed by atoms with Crippen LogP contribution in [0, 0.1) is 5.92 Å². The Morgan fingerprint density at radius 3 is 2.89 bits per heavy atom. The second kappa shape index (κ2) is 8.56. The Kier molecular flexibility index (Phi) is 7.42. The number of hydrogen-bond acceptors (Lipinski definition) is 2. The van der Waals surface area contributed by atoms with Crippen molar-refractivity contribution in [3.8, 4) is 0 Å². The molecule has 0 spiro atoms. The molecule has 0 saturated heterocycles. The number of nitrogens with one attached hydrogen (secondary N) is 1. The summed E-state index contributed by atoms with van der Waals surface area (Å²) in [5.41, 5.74) is 0.551. The lowest BCUT2D eigenvalue weighted by molar-refractivity contribution is 0.0924. The quantitative estimate of drug-likeness (QED) is 0.759. The zero-order valence-electron chi connectivity index (χ0n) is 11.2. The third-order valence-corrected chi connectivity index (χ3v) is 3.30. The topological polar surface area (TPSA) is 38.3 Å². The maximum Gasteiger partial charge on any atom is 0.252 e. The number of carbonyl (C=O) groups is 1. The number of benzene rings is 1. The molecule has 0 heterocycles. The Morgan fingerprint density at radius 2 is 2.21 bits per heavy atom. The molecule has 0 radical (unpaired) electrons. The van der Waals surface area contributed by atoms with Gasteiger partial charge in [0.2, 0.25) is 0 Å². The molecule has 0 aliphatic heterocycles. The van der Waals surface area contributed by atoms with Gasteiger partial charge in [-0.2, -0.15) is 0 Å². The largest absolute Gasteiger partial charge is 0.381 e. The lowest BCUT2D eigenvalue weighted by Crippen LogP contribution is -2.25. The first-order valence-electron chi connectivity index (χ1n) is 6.31. The van der Waals surface area contributed by atoms with Crippen molar-refractivity contribution >= 4 is 33.4 Å². The van der Waals surface area contributed by atoms with Crippen LogP contribution in [0.2, 0.25) is 5.02 Å². The van der Waals surface area contributed by atoms with E-state index in [0.717, 1.165) is 17.5 Å². The highest BCUT2D eigenvalue weighted by Gasteiger charge is 2.09. The summed E-state index contributed by atoms with van der Waals surface area (Å²) in [5.74, 6) is 0.412. The van der Waals surface area contributed by atoms with Gasteiger partial charge in [-0.25, -0.2) is 0 Å². The van der Waals surface area contributed by atoms with E-state index >= 15 is 0 Å². The lowest BCUT2D eigenvalue weighted by Gasteiger charge is -2.09. The second-order valence-corrected chi connectivity index (χ2v) is 5.99. The van der Waals surface area contributed by atoms with Gasteiger partial charge in [-0.05, 0) is 46.5 Å². The number of amides is 1. The average Bonchev–Trinajstić information content (AvgIpc) is 2.36. The predicted molar refractivity (Wildman–Crippen MR) is 81.8 cm³/mol. The van der Waals surface area contributed by atoms with Gasteiger partial charge in [0.05, 0.1) is 5.56 Å². The van der Waals surface area contributed by atoms with E-state index in [1.54, 1.807) is 18.2 Å². The molecule has 1 rings (SSSR count). The SMILES string of the molecule is CC(C)COCCCNC(=O)c1cc(Cl)ccc1Br. The highest BCUT2D eigenvalue weighted by Crippen LogP contribution is 2.20. The Labute approximate surface area is 127 Å². The molecule has 1 amide bonds. The van der Waals surface area contributed by atoms with E-state index in [1.807, 2.05) is 0 Å². The normalized spacial score (nSPS) is 10.8. The molecule has 3 nitrogen and oxygen atoms in total. The monoisotopic (exact) mass is 347 g/mol. The van der Waals surface area contributed by atoms with Gasteiger partial charge in [-0.15, -0.1) is 0 Å². The second-order valence-electron chi connectivity index (χ2n) is 4.70. The zero-order valence-corrected chi connectivity index (χ0v) is 13.6. The molecule has 0 aliphatic rings. The summed E-state index contributed by atoms with van der Waals surface area (Å²) in [6.45, 7) is 6.23. The maximum absolute atomic E-state index is 11.9. The third-order valence-electron chi connectivity index (χ3n) is 2.38. The van der Waals surface area contributed by atoms with Gasteiger partial charge in [0, 0.05) is 29.3 Å². The van der Waals surface area contributed by atoms with Gasteiger partial charge in [0.25, 0.3) is 5.91 Å². The lowest BCUT2D eigenvalue weighted by atomic mass is 10.2. The van der Waals surface area contributed by atoms with Crippen molar-refractivity contribution in [1.29, 1.82) is 0 Å². The molecule has 106 valence electrons. The summed E-state index contributed by atoms with van der Waals surface area (Å²) in [6.07, 6.45) is 0.802.